The van der Waals surface area contributed by atoms with Crippen LogP contribution in [0.25, 0.3) is 11.1 Å². The molecule has 1 aliphatic carbocycles. The van der Waals surface area contributed by atoms with Crippen molar-refractivity contribution in [2.75, 3.05) is 19.7 Å². The summed E-state index contributed by atoms with van der Waals surface area (Å²) in [6.07, 6.45) is 6.05. The Morgan fingerprint density at radius 1 is 1.00 bits per heavy atom. The fraction of sp³-hybridized carbons (Fsp3) is 0.478. The first kappa shape index (κ1) is 21.7. The van der Waals surface area contributed by atoms with Gasteiger partial charge in [-0.25, -0.2) is 0 Å². The molecule has 1 aliphatic rings. The van der Waals surface area contributed by atoms with Gasteiger partial charge in [0.15, 0.2) is 0 Å². The molecular weight excluding hydrogens is 358 g/mol. The molecule has 3 rings (SSSR count). The summed E-state index contributed by atoms with van der Waals surface area (Å²) in [6.45, 7) is 4.19. The van der Waals surface area contributed by atoms with E-state index in [1.54, 1.807) is 0 Å². The molecule has 0 bridgehead atoms. The number of hydrogen-bond acceptors (Lipinski definition) is 3. The zero-order chi connectivity index (χ0) is 18.2. The number of aliphatic hydroxyl groups excluding tert-OH is 1. The SMILES string of the molecule is CCN(CC(O)COc1ccccc1-c1ccccc1)C1CCCCC1.Cl. The molecule has 1 saturated carbocycles. The fourth-order valence-electron chi connectivity index (χ4n) is 3.94. The Balaban J connectivity index is 0.00000261. The topological polar surface area (TPSA) is 32.7 Å². The molecule has 4 heteroatoms. The van der Waals surface area contributed by atoms with E-state index in [1.807, 2.05) is 36.4 Å². The Hall–Kier alpha value is -1.55. The van der Waals surface area contributed by atoms with Crippen LogP contribution in [0.4, 0.5) is 0 Å². The second-order valence-electron chi connectivity index (χ2n) is 7.21. The van der Waals surface area contributed by atoms with Crippen molar-refractivity contribution in [2.45, 2.75) is 51.2 Å². The maximum atomic E-state index is 10.5. The molecule has 1 N–H and O–H groups in total. The highest BCUT2D eigenvalue weighted by Gasteiger charge is 2.22. The number of likely N-dealkylation sites (N-methyl/N-ethyl adjacent to an activating group) is 1. The monoisotopic (exact) mass is 389 g/mol. The number of ether oxygens (including phenoxy) is 1. The van der Waals surface area contributed by atoms with E-state index < -0.39 is 6.10 Å². The molecule has 2 aromatic rings. The van der Waals surface area contributed by atoms with Gasteiger partial charge in [-0.1, -0.05) is 74.7 Å². The molecule has 3 nitrogen and oxygen atoms in total. The first-order valence-electron chi connectivity index (χ1n) is 9.97. The average molecular weight is 390 g/mol. The van der Waals surface area contributed by atoms with Crippen molar-refractivity contribution in [2.24, 2.45) is 0 Å². The van der Waals surface area contributed by atoms with Gasteiger partial charge >= 0.3 is 0 Å². The molecule has 0 spiro atoms. The molecule has 0 saturated heterocycles. The molecule has 2 aromatic carbocycles. The Morgan fingerprint density at radius 2 is 1.67 bits per heavy atom. The van der Waals surface area contributed by atoms with E-state index in [0.29, 0.717) is 19.2 Å². The van der Waals surface area contributed by atoms with Gasteiger partial charge in [-0.15, -0.1) is 12.4 Å². The predicted octanol–water partition coefficient (Wildman–Crippen LogP) is 5.17. The highest BCUT2D eigenvalue weighted by atomic mass is 35.5. The Bertz CT molecular complexity index is 658. The normalized spacial score (nSPS) is 16.0. The third kappa shape index (κ3) is 6.24. The molecular formula is C23H32ClNO2. The van der Waals surface area contributed by atoms with Gasteiger partial charge in [-0.05, 0) is 31.0 Å². The Morgan fingerprint density at radius 3 is 2.37 bits per heavy atom. The molecule has 148 valence electrons. The molecule has 0 radical (unpaired) electrons. The second kappa shape index (κ2) is 11.3. The fourth-order valence-corrected chi connectivity index (χ4v) is 3.94. The van der Waals surface area contributed by atoms with E-state index in [1.165, 1.54) is 32.1 Å². The lowest BCUT2D eigenvalue weighted by Gasteiger charge is -2.34. The van der Waals surface area contributed by atoms with Gasteiger partial charge in [0.05, 0.1) is 0 Å². The summed E-state index contributed by atoms with van der Waals surface area (Å²) >= 11 is 0. The molecule has 0 heterocycles. The third-order valence-corrected chi connectivity index (χ3v) is 5.35. The van der Waals surface area contributed by atoms with Crippen LogP contribution in [0.1, 0.15) is 39.0 Å². The van der Waals surface area contributed by atoms with Crippen molar-refractivity contribution in [3.63, 3.8) is 0 Å². The lowest BCUT2D eigenvalue weighted by Crippen LogP contribution is -2.43. The molecule has 0 amide bonds. The van der Waals surface area contributed by atoms with E-state index in [4.69, 9.17) is 4.74 Å². The van der Waals surface area contributed by atoms with Crippen molar-refractivity contribution in [3.05, 3.63) is 54.6 Å². The number of nitrogens with zero attached hydrogens (tertiary/aromatic N) is 1. The molecule has 0 aromatic heterocycles. The van der Waals surface area contributed by atoms with Crippen LogP contribution in [0.3, 0.4) is 0 Å². The number of para-hydroxylation sites is 1. The number of hydrogen-bond donors (Lipinski definition) is 1. The number of aliphatic hydroxyl groups is 1. The molecule has 1 fully saturated rings. The van der Waals surface area contributed by atoms with Crippen molar-refractivity contribution in [1.29, 1.82) is 0 Å². The highest BCUT2D eigenvalue weighted by molar-refractivity contribution is 5.85. The summed E-state index contributed by atoms with van der Waals surface area (Å²) in [6, 6.07) is 18.9. The van der Waals surface area contributed by atoms with Gasteiger partial charge in [0, 0.05) is 18.2 Å². The van der Waals surface area contributed by atoms with Crippen LogP contribution in [-0.4, -0.2) is 41.8 Å². The molecule has 27 heavy (non-hydrogen) atoms. The van der Waals surface area contributed by atoms with Crippen molar-refractivity contribution in [3.8, 4) is 16.9 Å². The van der Waals surface area contributed by atoms with E-state index in [0.717, 1.165) is 23.4 Å². The minimum absolute atomic E-state index is 0. The van der Waals surface area contributed by atoms with Gasteiger partial charge in [-0.2, -0.15) is 0 Å². The van der Waals surface area contributed by atoms with Crippen LogP contribution in [0, 0.1) is 0 Å². The van der Waals surface area contributed by atoms with Crippen LogP contribution < -0.4 is 4.74 Å². The smallest absolute Gasteiger partial charge is 0.127 e. The minimum Gasteiger partial charge on any atom is -0.490 e. The second-order valence-corrected chi connectivity index (χ2v) is 7.21. The predicted molar refractivity (Wildman–Crippen MR) is 115 cm³/mol. The van der Waals surface area contributed by atoms with Gasteiger partial charge in [0.2, 0.25) is 0 Å². The van der Waals surface area contributed by atoms with Gasteiger partial charge in [0.1, 0.15) is 18.5 Å². The van der Waals surface area contributed by atoms with E-state index in [2.05, 4.69) is 30.0 Å². The quantitative estimate of drug-likeness (QED) is 0.676. The Kier molecular flexibility index (Phi) is 9.12. The van der Waals surface area contributed by atoms with Crippen molar-refractivity contribution in [1.82, 2.24) is 4.90 Å². The van der Waals surface area contributed by atoms with Gasteiger partial charge in [-0.3, -0.25) is 4.90 Å². The van der Waals surface area contributed by atoms with Crippen LogP contribution in [0.15, 0.2) is 54.6 Å². The number of halogens is 1. The standard InChI is InChI=1S/C23H31NO2.ClH/c1-2-24(20-13-7-4-8-14-20)17-21(25)18-26-23-16-10-9-15-22(23)19-11-5-3-6-12-19;/h3,5-6,9-12,15-16,20-21,25H,2,4,7-8,13-14,17-18H2,1H3;1H. The zero-order valence-corrected chi connectivity index (χ0v) is 17.0. The lowest BCUT2D eigenvalue weighted by molar-refractivity contribution is 0.0465. The van der Waals surface area contributed by atoms with E-state index in [9.17, 15) is 5.11 Å². The highest BCUT2D eigenvalue weighted by Crippen LogP contribution is 2.29. The first-order chi connectivity index (χ1) is 12.8. The van der Waals surface area contributed by atoms with E-state index in [-0.39, 0.29) is 12.4 Å². The first-order valence-corrected chi connectivity index (χ1v) is 9.97. The van der Waals surface area contributed by atoms with Gasteiger partial charge < -0.3 is 9.84 Å². The largest absolute Gasteiger partial charge is 0.490 e. The van der Waals surface area contributed by atoms with Gasteiger partial charge in [0.25, 0.3) is 0 Å². The third-order valence-electron chi connectivity index (χ3n) is 5.35. The molecule has 0 aliphatic heterocycles. The lowest BCUT2D eigenvalue weighted by atomic mass is 9.94. The summed E-state index contributed by atoms with van der Waals surface area (Å²) in [4.78, 5) is 2.43. The van der Waals surface area contributed by atoms with Crippen molar-refractivity contribution >= 4 is 12.4 Å². The van der Waals surface area contributed by atoms with Crippen LogP contribution >= 0.6 is 12.4 Å². The minimum atomic E-state index is -0.472. The van der Waals surface area contributed by atoms with E-state index >= 15 is 0 Å². The average Bonchev–Trinajstić information content (AvgIpc) is 2.72. The maximum absolute atomic E-state index is 10.5. The summed E-state index contributed by atoms with van der Waals surface area (Å²) in [7, 11) is 0. The molecule has 1 unspecified atom stereocenters. The summed E-state index contributed by atoms with van der Waals surface area (Å²) in [5.74, 6) is 0.832. The summed E-state index contributed by atoms with van der Waals surface area (Å²) in [5, 5.41) is 10.5. The summed E-state index contributed by atoms with van der Waals surface area (Å²) in [5.41, 5.74) is 2.20. The molecule has 1 atom stereocenters. The number of rotatable bonds is 8. The van der Waals surface area contributed by atoms with Crippen LogP contribution in [0.5, 0.6) is 5.75 Å². The summed E-state index contributed by atoms with van der Waals surface area (Å²) < 4.78 is 6.01. The maximum Gasteiger partial charge on any atom is 0.127 e. The van der Waals surface area contributed by atoms with Crippen molar-refractivity contribution < 1.29 is 9.84 Å². The zero-order valence-electron chi connectivity index (χ0n) is 16.2. The Labute approximate surface area is 169 Å². The van der Waals surface area contributed by atoms with Crippen LogP contribution in [-0.2, 0) is 0 Å². The number of benzene rings is 2. The van der Waals surface area contributed by atoms with Crippen LogP contribution in [0.2, 0.25) is 0 Å².